The topological polar surface area (TPSA) is 75.2 Å². The van der Waals surface area contributed by atoms with E-state index in [-0.39, 0.29) is 11.8 Å². The normalized spacial score (nSPS) is 17.1. The first-order chi connectivity index (χ1) is 9.09. The average molecular weight is 282 g/mol. The van der Waals surface area contributed by atoms with Crippen molar-refractivity contribution in [2.45, 2.75) is 39.2 Å². The molecule has 6 nitrogen and oxygen atoms in total. The SMILES string of the molecule is Cc1snnc1C(=O)NC(C)C(=O)N1CCCCC1. The third-order valence-electron chi connectivity index (χ3n) is 3.25. The fourth-order valence-electron chi connectivity index (χ4n) is 2.16. The van der Waals surface area contributed by atoms with Crippen molar-refractivity contribution >= 4 is 23.3 Å². The lowest BCUT2D eigenvalue weighted by molar-refractivity contribution is -0.133. The Morgan fingerprint density at radius 3 is 2.58 bits per heavy atom. The van der Waals surface area contributed by atoms with Crippen molar-refractivity contribution in [1.29, 1.82) is 0 Å². The zero-order valence-electron chi connectivity index (χ0n) is 11.2. The van der Waals surface area contributed by atoms with Crippen LogP contribution in [-0.2, 0) is 4.79 Å². The molecule has 0 aromatic carbocycles. The minimum absolute atomic E-state index is 0.0195. The highest BCUT2D eigenvalue weighted by Crippen LogP contribution is 2.11. The molecule has 1 saturated heterocycles. The van der Waals surface area contributed by atoms with E-state index in [9.17, 15) is 9.59 Å². The Morgan fingerprint density at radius 2 is 2.00 bits per heavy atom. The van der Waals surface area contributed by atoms with E-state index >= 15 is 0 Å². The lowest BCUT2D eigenvalue weighted by Gasteiger charge is -2.29. The van der Waals surface area contributed by atoms with E-state index in [4.69, 9.17) is 0 Å². The number of nitrogens with one attached hydrogen (secondary N) is 1. The van der Waals surface area contributed by atoms with Gasteiger partial charge in [0, 0.05) is 13.1 Å². The number of nitrogens with zero attached hydrogens (tertiary/aromatic N) is 3. The van der Waals surface area contributed by atoms with Crippen molar-refractivity contribution in [3.05, 3.63) is 10.6 Å². The van der Waals surface area contributed by atoms with E-state index in [1.54, 1.807) is 13.8 Å². The number of hydrogen-bond donors (Lipinski definition) is 1. The predicted octanol–water partition coefficient (Wildman–Crippen LogP) is 0.977. The van der Waals surface area contributed by atoms with Crippen molar-refractivity contribution in [2.24, 2.45) is 0 Å². The number of likely N-dealkylation sites (tertiary alicyclic amines) is 1. The van der Waals surface area contributed by atoms with Gasteiger partial charge in [-0.25, -0.2) is 0 Å². The maximum absolute atomic E-state index is 12.2. The van der Waals surface area contributed by atoms with Gasteiger partial charge < -0.3 is 10.2 Å². The Bertz CT molecular complexity index is 468. The number of carbonyl (C=O) groups is 2. The van der Waals surface area contributed by atoms with Gasteiger partial charge in [-0.1, -0.05) is 4.49 Å². The van der Waals surface area contributed by atoms with Crippen LogP contribution < -0.4 is 5.32 Å². The molecule has 1 aliphatic rings. The molecule has 1 aromatic heterocycles. The molecule has 0 aliphatic carbocycles. The Kier molecular flexibility index (Phi) is 4.47. The van der Waals surface area contributed by atoms with Crippen LogP contribution in [0.25, 0.3) is 0 Å². The molecule has 7 heteroatoms. The fraction of sp³-hybridized carbons (Fsp3) is 0.667. The first-order valence-corrected chi connectivity index (χ1v) is 7.25. The molecule has 0 radical (unpaired) electrons. The predicted molar refractivity (Wildman–Crippen MR) is 72.0 cm³/mol. The second kappa shape index (κ2) is 6.10. The largest absolute Gasteiger partial charge is 0.341 e. The van der Waals surface area contributed by atoms with Crippen LogP contribution in [0, 0.1) is 6.92 Å². The first-order valence-electron chi connectivity index (χ1n) is 6.48. The Hall–Kier alpha value is -1.50. The van der Waals surface area contributed by atoms with Gasteiger partial charge in [0.1, 0.15) is 6.04 Å². The number of piperidine rings is 1. The van der Waals surface area contributed by atoms with E-state index in [2.05, 4.69) is 14.9 Å². The molecule has 0 saturated carbocycles. The second-order valence-electron chi connectivity index (χ2n) is 4.76. The standard InChI is InChI=1S/C12H18N4O2S/c1-8(12(18)16-6-4-3-5-7-16)13-11(17)10-9(2)19-15-14-10/h8H,3-7H2,1-2H3,(H,13,17). The van der Waals surface area contributed by atoms with Gasteiger partial charge in [0.25, 0.3) is 5.91 Å². The molecule has 0 spiro atoms. The maximum atomic E-state index is 12.2. The Labute approximate surface area is 116 Å². The Morgan fingerprint density at radius 1 is 1.32 bits per heavy atom. The number of rotatable bonds is 3. The van der Waals surface area contributed by atoms with Gasteiger partial charge in [-0.05, 0) is 44.6 Å². The molecule has 0 bridgehead atoms. The quantitative estimate of drug-likeness (QED) is 0.896. The number of aryl methyl sites for hydroxylation is 1. The van der Waals surface area contributed by atoms with Gasteiger partial charge in [0.2, 0.25) is 5.91 Å². The van der Waals surface area contributed by atoms with Gasteiger partial charge >= 0.3 is 0 Å². The number of hydrogen-bond acceptors (Lipinski definition) is 5. The molecular formula is C12H18N4O2S. The monoisotopic (exact) mass is 282 g/mol. The molecular weight excluding hydrogens is 264 g/mol. The van der Waals surface area contributed by atoms with Gasteiger partial charge in [0.15, 0.2) is 5.69 Å². The zero-order chi connectivity index (χ0) is 13.8. The van der Waals surface area contributed by atoms with Gasteiger partial charge in [-0.2, -0.15) is 0 Å². The second-order valence-corrected chi connectivity index (χ2v) is 5.72. The summed E-state index contributed by atoms with van der Waals surface area (Å²) in [5.41, 5.74) is 0.309. The number of aromatic nitrogens is 2. The van der Waals surface area contributed by atoms with Crippen LogP contribution in [0.3, 0.4) is 0 Å². The fourth-order valence-corrected chi connectivity index (χ4v) is 2.62. The molecule has 1 fully saturated rings. The average Bonchev–Trinajstić information content (AvgIpc) is 2.85. The van der Waals surface area contributed by atoms with Crippen LogP contribution in [0.2, 0.25) is 0 Å². The summed E-state index contributed by atoms with van der Waals surface area (Å²) in [7, 11) is 0. The van der Waals surface area contributed by atoms with Crippen LogP contribution in [0.4, 0.5) is 0 Å². The summed E-state index contributed by atoms with van der Waals surface area (Å²) in [5.74, 6) is -0.349. The minimum atomic E-state index is -0.522. The van der Waals surface area contributed by atoms with Gasteiger partial charge in [0.05, 0.1) is 4.88 Å². The van der Waals surface area contributed by atoms with E-state index < -0.39 is 6.04 Å². The van der Waals surface area contributed by atoms with Gasteiger partial charge in [-0.3, -0.25) is 9.59 Å². The van der Waals surface area contributed by atoms with Crippen molar-refractivity contribution in [1.82, 2.24) is 19.8 Å². The van der Waals surface area contributed by atoms with Crippen LogP contribution in [0.1, 0.15) is 41.6 Å². The summed E-state index contributed by atoms with van der Waals surface area (Å²) in [6.07, 6.45) is 3.26. The molecule has 2 rings (SSSR count). The summed E-state index contributed by atoms with van der Waals surface area (Å²) >= 11 is 1.18. The van der Waals surface area contributed by atoms with Crippen molar-refractivity contribution < 1.29 is 9.59 Å². The highest BCUT2D eigenvalue weighted by atomic mass is 32.1. The molecule has 1 aliphatic heterocycles. The van der Waals surface area contributed by atoms with E-state index in [0.717, 1.165) is 30.8 Å². The van der Waals surface area contributed by atoms with Crippen molar-refractivity contribution in [2.75, 3.05) is 13.1 Å². The summed E-state index contributed by atoms with van der Waals surface area (Å²) in [6, 6.07) is -0.522. The summed E-state index contributed by atoms with van der Waals surface area (Å²) in [5, 5.41) is 6.47. The van der Waals surface area contributed by atoms with Crippen LogP contribution in [0.5, 0.6) is 0 Å². The molecule has 19 heavy (non-hydrogen) atoms. The summed E-state index contributed by atoms with van der Waals surface area (Å²) < 4.78 is 3.72. The van der Waals surface area contributed by atoms with Crippen molar-refractivity contribution in [3.8, 4) is 0 Å². The smallest absolute Gasteiger partial charge is 0.273 e. The maximum Gasteiger partial charge on any atom is 0.273 e. The third kappa shape index (κ3) is 3.28. The lowest BCUT2D eigenvalue weighted by Crippen LogP contribution is -2.48. The number of amides is 2. The molecule has 1 atom stereocenters. The summed E-state index contributed by atoms with van der Waals surface area (Å²) in [6.45, 7) is 5.08. The van der Waals surface area contributed by atoms with Crippen LogP contribution in [-0.4, -0.2) is 45.4 Å². The molecule has 1 unspecified atom stereocenters. The first kappa shape index (κ1) is 13.9. The van der Waals surface area contributed by atoms with Crippen LogP contribution >= 0.6 is 11.5 Å². The Balaban J connectivity index is 1.93. The highest BCUT2D eigenvalue weighted by molar-refractivity contribution is 7.05. The number of carbonyl (C=O) groups excluding carboxylic acids is 2. The molecule has 2 heterocycles. The van der Waals surface area contributed by atoms with E-state index in [1.807, 2.05) is 4.90 Å². The minimum Gasteiger partial charge on any atom is -0.341 e. The summed E-state index contributed by atoms with van der Waals surface area (Å²) in [4.78, 5) is 26.7. The molecule has 104 valence electrons. The lowest BCUT2D eigenvalue weighted by atomic mass is 10.1. The highest BCUT2D eigenvalue weighted by Gasteiger charge is 2.25. The van der Waals surface area contributed by atoms with E-state index in [0.29, 0.717) is 5.69 Å². The molecule has 2 amide bonds. The van der Waals surface area contributed by atoms with Crippen molar-refractivity contribution in [3.63, 3.8) is 0 Å². The van der Waals surface area contributed by atoms with Crippen LogP contribution in [0.15, 0.2) is 0 Å². The van der Waals surface area contributed by atoms with E-state index in [1.165, 1.54) is 18.0 Å². The third-order valence-corrected chi connectivity index (χ3v) is 3.88. The van der Waals surface area contributed by atoms with Gasteiger partial charge in [-0.15, -0.1) is 5.10 Å². The zero-order valence-corrected chi connectivity index (χ0v) is 12.0. The molecule has 1 N–H and O–H groups in total. The molecule has 1 aromatic rings.